The Balaban J connectivity index is 0. The predicted octanol–water partition coefficient (Wildman–Crippen LogP) is -0.900. The van der Waals surface area contributed by atoms with Crippen molar-refractivity contribution in [1.82, 2.24) is 0 Å². The molecule has 0 N–H and O–H groups in total. The molecule has 0 saturated carbocycles. The molecule has 0 unspecified atom stereocenters. The second kappa shape index (κ2) is 8.21. The second-order valence-electron chi connectivity index (χ2n) is 3.04. The summed E-state index contributed by atoms with van der Waals surface area (Å²) in [6.07, 6.45) is 4.53. The van der Waals surface area contributed by atoms with Gasteiger partial charge in [0, 0.05) is 0 Å². The van der Waals surface area contributed by atoms with Crippen LogP contribution in [0.1, 0.15) is 52.9 Å². The van der Waals surface area contributed by atoms with Gasteiger partial charge in [-0.05, 0) is 0 Å². The zero-order valence-electron chi connectivity index (χ0n) is 8.44. The molecule has 0 aromatic heterocycles. The van der Waals surface area contributed by atoms with Crippen molar-refractivity contribution in [2.24, 2.45) is 0 Å². The van der Waals surface area contributed by atoms with Crippen molar-refractivity contribution in [2.45, 2.75) is 58.5 Å². The van der Waals surface area contributed by atoms with E-state index in [0.717, 1.165) is 32.1 Å². The van der Waals surface area contributed by atoms with Crippen LogP contribution in [-0.4, -0.2) is 5.60 Å². The van der Waals surface area contributed by atoms with Gasteiger partial charge in [0.1, 0.15) is 0 Å². The number of rotatable bonds is 5. The largest absolute Gasteiger partial charge is 1.00 e. The molecule has 0 atom stereocenters. The van der Waals surface area contributed by atoms with Crippen LogP contribution in [0.15, 0.2) is 0 Å². The van der Waals surface area contributed by atoms with Crippen molar-refractivity contribution in [3.8, 4) is 0 Å². The third-order valence-corrected chi connectivity index (χ3v) is 2.06. The van der Waals surface area contributed by atoms with Crippen LogP contribution in [0.2, 0.25) is 0 Å². The first-order valence-electron chi connectivity index (χ1n) is 4.39. The molecule has 0 saturated heterocycles. The van der Waals surface area contributed by atoms with E-state index in [0.29, 0.717) is 0 Å². The topological polar surface area (TPSA) is 23.1 Å². The molecule has 0 aliphatic heterocycles. The maximum atomic E-state index is 11.7. The Morgan fingerprint density at radius 2 is 1.36 bits per heavy atom. The van der Waals surface area contributed by atoms with Crippen molar-refractivity contribution in [2.75, 3.05) is 0 Å². The average molecular weight is 182 g/mol. The smallest absolute Gasteiger partial charge is 0.849 e. The summed E-state index contributed by atoms with van der Waals surface area (Å²) in [6.45, 7) is 6.16. The van der Waals surface area contributed by atoms with Gasteiger partial charge in [0.05, 0.1) is 0 Å². The van der Waals surface area contributed by atoms with E-state index in [4.69, 9.17) is 0 Å². The Labute approximate surface area is 113 Å². The second-order valence-corrected chi connectivity index (χ2v) is 3.04. The van der Waals surface area contributed by atoms with Crippen LogP contribution in [0, 0.1) is 0 Å². The van der Waals surface area contributed by atoms with Gasteiger partial charge in [0.2, 0.25) is 0 Å². The van der Waals surface area contributed by atoms with E-state index >= 15 is 0 Å². The molecule has 0 amide bonds. The maximum absolute atomic E-state index is 11.7. The Morgan fingerprint density at radius 3 is 1.55 bits per heavy atom. The Bertz CT molecular complexity index is 77.6. The van der Waals surface area contributed by atoms with E-state index < -0.39 is 5.60 Å². The first kappa shape index (κ1) is 15.1. The summed E-state index contributed by atoms with van der Waals surface area (Å²) in [5.41, 5.74) is -0.608. The molecule has 0 spiro atoms. The average Bonchev–Trinajstić information content (AvgIpc) is 1.89. The minimum Gasteiger partial charge on any atom is -0.849 e. The van der Waals surface area contributed by atoms with Crippen LogP contribution in [0.4, 0.5) is 0 Å². The van der Waals surface area contributed by atoms with E-state index in [9.17, 15) is 5.11 Å². The quantitative estimate of drug-likeness (QED) is 0.505. The first-order chi connectivity index (χ1) is 4.68. The van der Waals surface area contributed by atoms with Crippen molar-refractivity contribution in [1.29, 1.82) is 0 Å². The van der Waals surface area contributed by atoms with Crippen molar-refractivity contribution >= 4 is 0 Å². The summed E-state index contributed by atoms with van der Waals surface area (Å²) >= 11 is 0. The molecule has 0 aliphatic carbocycles. The Hall–Kier alpha value is 1.60. The molecule has 0 heterocycles. The van der Waals surface area contributed by atoms with Crippen molar-refractivity contribution in [3.63, 3.8) is 0 Å². The van der Waals surface area contributed by atoms with E-state index in [2.05, 4.69) is 13.8 Å². The molecular formula is C9H19KO. The summed E-state index contributed by atoms with van der Waals surface area (Å²) in [6, 6.07) is 0. The zero-order chi connectivity index (χ0) is 8.04. The molecule has 0 aliphatic rings. The van der Waals surface area contributed by atoms with Gasteiger partial charge < -0.3 is 5.11 Å². The number of hydrogen-bond donors (Lipinski definition) is 0. The standard InChI is InChI=1S/C9H19O.K/c1-4-7-9(10,6-3)8-5-2;/h4-8H2,1-3H3;/q-1;+1. The summed E-state index contributed by atoms with van der Waals surface area (Å²) in [5.74, 6) is 0. The molecule has 0 aromatic rings. The third-order valence-electron chi connectivity index (χ3n) is 2.06. The molecule has 0 bridgehead atoms. The number of hydrogen-bond acceptors (Lipinski definition) is 1. The summed E-state index contributed by atoms with van der Waals surface area (Å²) in [7, 11) is 0. The maximum Gasteiger partial charge on any atom is 1.00 e. The van der Waals surface area contributed by atoms with E-state index in [1.807, 2.05) is 6.92 Å². The first-order valence-corrected chi connectivity index (χ1v) is 4.39. The van der Waals surface area contributed by atoms with E-state index in [-0.39, 0.29) is 51.4 Å². The normalized spacial score (nSPS) is 10.9. The van der Waals surface area contributed by atoms with Gasteiger partial charge in [-0.25, -0.2) is 0 Å². The van der Waals surface area contributed by atoms with Crippen molar-refractivity contribution < 1.29 is 56.5 Å². The van der Waals surface area contributed by atoms with Crippen LogP contribution >= 0.6 is 0 Å². The fraction of sp³-hybridized carbons (Fsp3) is 1.00. The molecule has 11 heavy (non-hydrogen) atoms. The minimum absolute atomic E-state index is 0. The molecule has 1 nitrogen and oxygen atoms in total. The molecule has 62 valence electrons. The minimum atomic E-state index is -0.608. The fourth-order valence-corrected chi connectivity index (χ4v) is 1.39. The van der Waals surface area contributed by atoms with Crippen molar-refractivity contribution in [3.05, 3.63) is 0 Å². The van der Waals surface area contributed by atoms with Gasteiger partial charge in [0.15, 0.2) is 0 Å². The molecule has 2 heteroatoms. The third kappa shape index (κ3) is 6.73. The van der Waals surface area contributed by atoms with Gasteiger partial charge in [-0.1, -0.05) is 52.9 Å². The molecule has 0 rings (SSSR count). The van der Waals surface area contributed by atoms with Crippen LogP contribution in [-0.2, 0) is 0 Å². The van der Waals surface area contributed by atoms with Gasteiger partial charge in [-0.2, -0.15) is 0 Å². The fourth-order valence-electron chi connectivity index (χ4n) is 1.39. The summed E-state index contributed by atoms with van der Waals surface area (Å²) in [4.78, 5) is 0. The Kier molecular flexibility index (Phi) is 11.3. The molecular weight excluding hydrogens is 163 g/mol. The SMILES string of the molecule is CCCC([O-])(CC)CCC.[K+]. The molecule has 0 fully saturated rings. The van der Waals surface area contributed by atoms with E-state index in [1.54, 1.807) is 0 Å². The van der Waals surface area contributed by atoms with Crippen LogP contribution in [0.5, 0.6) is 0 Å². The van der Waals surface area contributed by atoms with Crippen LogP contribution < -0.4 is 56.5 Å². The van der Waals surface area contributed by atoms with Gasteiger partial charge in [-0.3, -0.25) is 0 Å². The summed E-state index contributed by atoms with van der Waals surface area (Å²) < 4.78 is 0. The van der Waals surface area contributed by atoms with Crippen LogP contribution in [0.25, 0.3) is 0 Å². The van der Waals surface area contributed by atoms with Gasteiger partial charge >= 0.3 is 51.4 Å². The predicted molar refractivity (Wildman–Crippen MR) is 42.8 cm³/mol. The monoisotopic (exact) mass is 182 g/mol. The molecule has 0 radical (unpaired) electrons. The summed E-state index contributed by atoms with van der Waals surface area (Å²) in [5, 5.41) is 11.7. The van der Waals surface area contributed by atoms with Gasteiger partial charge in [0.25, 0.3) is 0 Å². The van der Waals surface area contributed by atoms with Crippen LogP contribution in [0.3, 0.4) is 0 Å². The van der Waals surface area contributed by atoms with E-state index in [1.165, 1.54) is 0 Å². The Morgan fingerprint density at radius 1 is 1.00 bits per heavy atom. The van der Waals surface area contributed by atoms with Gasteiger partial charge in [-0.15, -0.1) is 5.60 Å². The molecule has 0 aromatic carbocycles. The zero-order valence-corrected chi connectivity index (χ0v) is 11.6.